The predicted octanol–water partition coefficient (Wildman–Crippen LogP) is 4.15. The number of carbonyl (C=O) groups excluding carboxylic acids is 1. The molecule has 2 atom stereocenters. The first kappa shape index (κ1) is 16.7. The van der Waals surface area contributed by atoms with Crippen molar-refractivity contribution in [3.8, 4) is 0 Å². The molecule has 1 fully saturated rings. The molecule has 26 heavy (non-hydrogen) atoms. The average molecular weight is 346 g/mol. The molecule has 1 aliphatic rings. The van der Waals surface area contributed by atoms with E-state index in [1.54, 1.807) is 0 Å². The molecule has 0 radical (unpaired) electrons. The van der Waals surface area contributed by atoms with Crippen molar-refractivity contribution in [2.24, 2.45) is 0 Å². The van der Waals surface area contributed by atoms with Crippen LogP contribution >= 0.6 is 0 Å². The quantitative estimate of drug-likeness (QED) is 0.700. The summed E-state index contributed by atoms with van der Waals surface area (Å²) in [5, 5.41) is 0.901. The number of para-hydroxylation sites is 1. The number of benzene rings is 2. The molecule has 3 aromatic rings. The van der Waals surface area contributed by atoms with Gasteiger partial charge in [0.15, 0.2) is 0 Å². The molecule has 0 unspecified atom stereocenters. The number of aryl methyl sites for hydroxylation is 1. The largest absolute Gasteiger partial charge is 0.367 e. The van der Waals surface area contributed by atoms with Gasteiger partial charge in [0.25, 0.3) is 5.91 Å². The van der Waals surface area contributed by atoms with Crippen LogP contribution < -0.4 is 0 Å². The summed E-state index contributed by atoms with van der Waals surface area (Å²) in [7, 11) is 0. The molecular weight excluding hydrogens is 324 g/mol. The van der Waals surface area contributed by atoms with Crippen molar-refractivity contribution in [1.29, 1.82) is 0 Å². The smallest absolute Gasteiger partial charge is 0.254 e. The summed E-state index contributed by atoms with van der Waals surface area (Å²) in [5.41, 5.74) is 3.53. The van der Waals surface area contributed by atoms with Gasteiger partial charge in [-0.2, -0.15) is 0 Å². The van der Waals surface area contributed by atoms with E-state index in [1.807, 2.05) is 67.3 Å². The fourth-order valence-corrected chi connectivity index (χ4v) is 3.62. The molecule has 1 aliphatic heterocycles. The molecule has 1 amide bonds. The molecule has 2 heterocycles. The lowest BCUT2D eigenvalue weighted by Crippen LogP contribution is -2.46. The van der Waals surface area contributed by atoms with E-state index >= 15 is 0 Å². The van der Waals surface area contributed by atoms with Crippen LogP contribution in [0.15, 0.2) is 60.7 Å². The van der Waals surface area contributed by atoms with Crippen LogP contribution in [0, 0.1) is 6.92 Å². The second kappa shape index (κ2) is 6.89. The Labute approximate surface area is 153 Å². The number of aromatic nitrogens is 1. The number of pyridine rings is 1. The number of morpholine rings is 1. The number of ether oxygens (including phenoxy) is 1. The highest BCUT2D eigenvalue weighted by atomic mass is 16.5. The highest BCUT2D eigenvalue weighted by Crippen LogP contribution is 2.27. The van der Waals surface area contributed by atoms with Gasteiger partial charge in [-0.3, -0.25) is 9.78 Å². The van der Waals surface area contributed by atoms with Gasteiger partial charge in [0, 0.05) is 17.6 Å². The lowest BCUT2D eigenvalue weighted by Gasteiger charge is -2.37. The zero-order valence-electron chi connectivity index (χ0n) is 15.1. The second-order valence-corrected chi connectivity index (χ2v) is 6.88. The van der Waals surface area contributed by atoms with Gasteiger partial charge in [-0.25, -0.2) is 0 Å². The Balaban J connectivity index is 1.68. The van der Waals surface area contributed by atoms with Crippen LogP contribution in [0.2, 0.25) is 0 Å². The summed E-state index contributed by atoms with van der Waals surface area (Å²) in [6.07, 6.45) is -0.106. The fourth-order valence-electron chi connectivity index (χ4n) is 3.62. The number of hydrogen-bond acceptors (Lipinski definition) is 3. The monoisotopic (exact) mass is 346 g/mol. The second-order valence-electron chi connectivity index (χ2n) is 6.88. The van der Waals surface area contributed by atoms with Crippen LogP contribution in [0.1, 0.15) is 34.6 Å². The first-order chi connectivity index (χ1) is 12.6. The van der Waals surface area contributed by atoms with E-state index in [-0.39, 0.29) is 18.1 Å². The van der Waals surface area contributed by atoms with Crippen molar-refractivity contribution in [3.63, 3.8) is 0 Å². The predicted molar refractivity (Wildman–Crippen MR) is 102 cm³/mol. The topological polar surface area (TPSA) is 42.4 Å². The highest BCUT2D eigenvalue weighted by Gasteiger charge is 2.30. The first-order valence-electron chi connectivity index (χ1n) is 8.98. The lowest BCUT2D eigenvalue weighted by molar-refractivity contribution is -0.0691. The molecule has 4 heteroatoms. The molecule has 132 valence electrons. The van der Waals surface area contributed by atoms with Crippen molar-refractivity contribution < 1.29 is 9.53 Å². The fraction of sp³-hybridized carbons (Fsp3) is 0.273. The van der Waals surface area contributed by atoms with Crippen molar-refractivity contribution in [3.05, 3.63) is 77.5 Å². The Morgan fingerprint density at radius 2 is 1.81 bits per heavy atom. The van der Waals surface area contributed by atoms with Crippen molar-refractivity contribution in [2.75, 3.05) is 13.1 Å². The summed E-state index contributed by atoms with van der Waals surface area (Å²) in [5.74, 6) is 0.0442. The SMILES string of the molecule is Cc1cc(C(=O)N2C[C@@H](c3ccccc3)O[C@@H](C)C2)c2ccccc2n1. The van der Waals surface area contributed by atoms with Gasteiger partial charge < -0.3 is 9.64 Å². The molecule has 0 saturated carbocycles. The first-order valence-corrected chi connectivity index (χ1v) is 8.98. The Morgan fingerprint density at radius 1 is 1.08 bits per heavy atom. The maximum Gasteiger partial charge on any atom is 0.254 e. The summed E-state index contributed by atoms with van der Waals surface area (Å²) < 4.78 is 6.09. The zero-order chi connectivity index (χ0) is 18.1. The zero-order valence-corrected chi connectivity index (χ0v) is 15.1. The number of nitrogens with zero attached hydrogens (tertiary/aromatic N) is 2. The number of hydrogen-bond donors (Lipinski definition) is 0. The van der Waals surface area contributed by atoms with Crippen molar-refractivity contribution >= 4 is 16.8 Å². The molecule has 1 saturated heterocycles. The van der Waals surface area contributed by atoms with Gasteiger partial charge in [-0.05, 0) is 31.5 Å². The Morgan fingerprint density at radius 3 is 2.62 bits per heavy atom. The van der Waals surface area contributed by atoms with Crippen molar-refractivity contribution in [2.45, 2.75) is 26.1 Å². The minimum Gasteiger partial charge on any atom is -0.367 e. The van der Waals surface area contributed by atoms with Crippen LogP contribution in [0.3, 0.4) is 0 Å². The molecule has 4 nitrogen and oxygen atoms in total. The van der Waals surface area contributed by atoms with Crippen LogP contribution in [0.25, 0.3) is 10.9 Å². The number of amides is 1. The molecule has 1 aromatic heterocycles. The third-order valence-electron chi connectivity index (χ3n) is 4.79. The van der Waals surface area contributed by atoms with Gasteiger partial charge in [0.2, 0.25) is 0 Å². The molecule has 0 spiro atoms. The van der Waals surface area contributed by atoms with Crippen LogP contribution in [-0.2, 0) is 4.74 Å². The van der Waals surface area contributed by atoms with Crippen LogP contribution in [-0.4, -0.2) is 35.0 Å². The number of rotatable bonds is 2. The Bertz CT molecular complexity index is 939. The number of carbonyl (C=O) groups is 1. The molecule has 4 rings (SSSR count). The molecule has 0 bridgehead atoms. The third kappa shape index (κ3) is 3.20. The van der Waals surface area contributed by atoms with E-state index < -0.39 is 0 Å². The summed E-state index contributed by atoms with van der Waals surface area (Å²) in [4.78, 5) is 19.8. The third-order valence-corrected chi connectivity index (χ3v) is 4.79. The Kier molecular flexibility index (Phi) is 4.43. The van der Waals surface area contributed by atoms with Crippen molar-refractivity contribution in [1.82, 2.24) is 9.88 Å². The maximum absolute atomic E-state index is 13.3. The van der Waals surface area contributed by atoms with E-state index in [1.165, 1.54) is 0 Å². The minimum absolute atomic E-state index is 0.00731. The summed E-state index contributed by atoms with van der Waals surface area (Å²) in [6.45, 7) is 5.10. The molecule has 0 aliphatic carbocycles. The van der Waals surface area contributed by atoms with E-state index in [0.717, 1.165) is 22.2 Å². The van der Waals surface area contributed by atoms with E-state index in [0.29, 0.717) is 18.7 Å². The summed E-state index contributed by atoms with van der Waals surface area (Å²) in [6, 6.07) is 19.8. The molecule has 2 aromatic carbocycles. The van der Waals surface area contributed by atoms with E-state index in [4.69, 9.17) is 4.74 Å². The van der Waals surface area contributed by atoms with Gasteiger partial charge in [0.1, 0.15) is 6.10 Å². The average Bonchev–Trinajstić information content (AvgIpc) is 2.67. The van der Waals surface area contributed by atoms with E-state index in [9.17, 15) is 4.79 Å². The van der Waals surface area contributed by atoms with Gasteiger partial charge in [-0.15, -0.1) is 0 Å². The maximum atomic E-state index is 13.3. The van der Waals surface area contributed by atoms with Gasteiger partial charge >= 0.3 is 0 Å². The highest BCUT2D eigenvalue weighted by molar-refractivity contribution is 6.06. The van der Waals surface area contributed by atoms with Gasteiger partial charge in [-0.1, -0.05) is 48.5 Å². The molecular formula is C22H22N2O2. The van der Waals surface area contributed by atoms with Crippen LogP contribution in [0.4, 0.5) is 0 Å². The standard InChI is InChI=1S/C22H22N2O2/c1-15-12-19(18-10-6-7-11-20(18)23-15)22(25)24-13-16(2)26-21(14-24)17-8-4-3-5-9-17/h3-12,16,21H,13-14H2,1-2H3/t16-,21-/m0/s1. The van der Waals surface area contributed by atoms with Crippen LogP contribution in [0.5, 0.6) is 0 Å². The van der Waals surface area contributed by atoms with E-state index in [2.05, 4.69) is 17.1 Å². The normalized spacial score (nSPS) is 20.3. The van der Waals surface area contributed by atoms with Gasteiger partial charge in [0.05, 0.1) is 23.7 Å². The summed E-state index contributed by atoms with van der Waals surface area (Å²) >= 11 is 0. The molecule has 0 N–H and O–H groups in total. The Hall–Kier alpha value is -2.72. The lowest BCUT2D eigenvalue weighted by atomic mass is 10.0. The minimum atomic E-state index is -0.0990. The number of fused-ring (bicyclic) bond motifs is 1.